The molecule has 0 radical (unpaired) electrons. The molecule has 0 N–H and O–H groups in total. The zero-order valence-electron chi connectivity index (χ0n) is 16.4. The Hall–Kier alpha value is -2.73. The topological polar surface area (TPSA) is 61.2 Å². The summed E-state index contributed by atoms with van der Waals surface area (Å²) in [4.78, 5) is 16.5. The van der Waals surface area contributed by atoms with Crippen molar-refractivity contribution in [1.29, 1.82) is 0 Å². The first-order chi connectivity index (χ1) is 14.1. The number of fused-ring (bicyclic) bond motifs is 1. The fourth-order valence-corrected chi connectivity index (χ4v) is 4.59. The van der Waals surface area contributed by atoms with E-state index in [9.17, 15) is 9.00 Å². The molecule has 1 aliphatic rings. The van der Waals surface area contributed by atoms with Gasteiger partial charge in [-0.15, -0.1) is 0 Å². The van der Waals surface area contributed by atoms with Crippen molar-refractivity contribution in [1.82, 2.24) is 9.55 Å². The summed E-state index contributed by atoms with van der Waals surface area (Å²) < 4.78 is 20.6. The number of carbonyl (C=O) groups excluding carboxylic acids is 1. The summed E-state index contributed by atoms with van der Waals surface area (Å²) >= 11 is 0. The molecular weight excluding hydrogens is 384 g/mol. The third-order valence-electron chi connectivity index (χ3n) is 5.24. The Morgan fingerprint density at radius 1 is 1.17 bits per heavy atom. The molecule has 1 heterocycles. The summed E-state index contributed by atoms with van der Waals surface area (Å²) in [6.45, 7) is 0.606. The van der Waals surface area contributed by atoms with Gasteiger partial charge >= 0.3 is 0 Å². The lowest BCUT2D eigenvalue weighted by molar-refractivity contribution is 0.0972. The quantitative estimate of drug-likeness (QED) is 0.590. The van der Waals surface area contributed by atoms with Crippen molar-refractivity contribution in [2.45, 2.75) is 37.7 Å². The van der Waals surface area contributed by atoms with Gasteiger partial charge < -0.3 is 9.30 Å². The fraction of sp³-hybridized carbons (Fsp3) is 0.304. The summed E-state index contributed by atoms with van der Waals surface area (Å²) in [5, 5.41) is 0. The normalized spacial score (nSPS) is 15.6. The second kappa shape index (κ2) is 8.74. The molecule has 6 heteroatoms. The molecule has 4 rings (SSSR count). The summed E-state index contributed by atoms with van der Waals surface area (Å²) in [7, 11) is -1.03. The molecule has 1 aromatic heterocycles. The number of carbonyl (C=O) groups is 1. The van der Waals surface area contributed by atoms with Crippen molar-refractivity contribution >= 4 is 16.6 Å². The summed E-state index contributed by atoms with van der Waals surface area (Å²) in [5.74, 6) is 1.26. The van der Waals surface area contributed by atoms with Crippen LogP contribution in [0.25, 0.3) is 0 Å². The Labute approximate surface area is 173 Å². The van der Waals surface area contributed by atoms with Crippen molar-refractivity contribution in [2.75, 3.05) is 6.26 Å². The van der Waals surface area contributed by atoms with Gasteiger partial charge in [-0.05, 0) is 36.1 Å². The number of benzene rings is 2. The van der Waals surface area contributed by atoms with Crippen molar-refractivity contribution in [3.63, 3.8) is 0 Å². The number of rotatable bonds is 7. The monoisotopic (exact) mass is 408 g/mol. The van der Waals surface area contributed by atoms with E-state index in [1.165, 1.54) is 0 Å². The second-order valence-electron chi connectivity index (χ2n) is 7.34. The highest BCUT2D eigenvalue weighted by Gasteiger charge is 2.25. The molecule has 150 valence electrons. The van der Waals surface area contributed by atoms with Gasteiger partial charge in [0.05, 0.1) is 18.6 Å². The Kier molecular flexibility index (Phi) is 5.90. The number of nitrogens with zero attached hydrogens (tertiary/aromatic N) is 2. The molecule has 2 unspecified atom stereocenters. The van der Waals surface area contributed by atoms with Crippen LogP contribution in [0.3, 0.4) is 0 Å². The standard InChI is InChI=1S/C23H24N2O3S/c1-29(27)15-20-18-8-5-9-21(26)19(18)10-11-22(20)28-23(14-25-13-12-24-16-25)17-6-3-2-4-7-17/h2-4,6-7,10-13,16,23H,5,8-9,14-15H2,1H3. The van der Waals surface area contributed by atoms with E-state index in [4.69, 9.17) is 4.74 Å². The molecule has 1 aliphatic carbocycles. The largest absolute Gasteiger partial charge is 0.484 e. The molecule has 3 aromatic rings. The number of aromatic nitrogens is 2. The number of hydrogen-bond donors (Lipinski definition) is 0. The third kappa shape index (κ3) is 4.48. The summed E-state index contributed by atoms with van der Waals surface area (Å²) in [5.41, 5.74) is 3.72. The molecule has 0 saturated heterocycles. The van der Waals surface area contributed by atoms with Crippen molar-refractivity contribution in [3.8, 4) is 5.75 Å². The van der Waals surface area contributed by atoms with Crippen LogP contribution < -0.4 is 4.74 Å². The Bertz CT molecular complexity index is 1020. The number of imidazole rings is 1. The van der Waals surface area contributed by atoms with E-state index >= 15 is 0 Å². The van der Waals surface area contributed by atoms with Crippen molar-refractivity contribution < 1.29 is 13.7 Å². The first kappa shape index (κ1) is 19.6. The van der Waals surface area contributed by atoms with Crippen LogP contribution in [0.4, 0.5) is 0 Å². The van der Waals surface area contributed by atoms with Crippen LogP contribution in [0.15, 0.2) is 61.2 Å². The zero-order valence-corrected chi connectivity index (χ0v) is 17.2. The van der Waals surface area contributed by atoms with Crippen molar-refractivity contribution in [2.24, 2.45) is 0 Å². The van der Waals surface area contributed by atoms with E-state index in [2.05, 4.69) is 4.98 Å². The van der Waals surface area contributed by atoms with Crippen LogP contribution >= 0.6 is 0 Å². The minimum Gasteiger partial charge on any atom is -0.484 e. The molecule has 0 amide bonds. The van der Waals surface area contributed by atoms with E-state index in [1.54, 1.807) is 18.8 Å². The van der Waals surface area contributed by atoms with Gasteiger partial charge in [0.1, 0.15) is 11.9 Å². The van der Waals surface area contributed by atoms with Gasteiger partial charge in [0.15, 0.2) is 5.78 Å². The maximum atomic E-state index is 12.4. The Morgan fingerprint density at radius 2 is 2.00 bits per heavy atom. The van der Waals surface area contributed by atoms with Gasteiger partial charge in [0.25, 0.3) is 0 Å². The zero-order chi connectivity index (χ0) is 20.2. The number of hydrogen-bond acceptors (Lipinski definition) is 4. The molecule has 2 atom stereocenters. The molecular formula is C23H24N2O3S. The average Bonchev–Trinajstić information content (AvgIpc) is 3.23. The van der Waals surface area contributed by atoms with Gasteiger partial charge in [-0.25, -0.2) is 4.98 Å². The van der Waals surface area contributed by atoms with E-state index in [0.29, 0.717) is 24.5 Å². The highest BCUT2D eigenvalue weighted by molar-refractivity contribution is 7.83. The van der Waals surface area contributed by atoms with E-state index < -0.39 is 10.8 Å². The SMILES string of the molecule is CS(=O)Cc1c(OC(Cn2ccnc2)c2ccccc2)ccc2c1CCCC2=O. The van der Waals surface area contributed by atoms with E-state index in [0.717, 1.165) is 35.1 Å². The predicted octanol–water partition coefficient (Wildman–Crippen LogP) is 4.10. The van der Waals surface area contributed by atoms with Gasteiger partial charge in [-0.1, -0.05) is 30.3 Å². The molecule has 0 saturated carbocycles. The smallest absolute Gasteiger partial charge is 0.163 e. The maximum absolute atomic E-state index is 12.4. The maximum Gasteiger partial charge on any atom is 0.163 e. The number of ether oxygens (including phenoxy) is 1. The van der Waals surface area contributed by atoms with E-state index in [-0.39, 0.29) is 11.9 Å². The number of ketones is 1. The molecule has 0 fully saturated rings. The molecule has 0 bridgehead atoms. The predicted molar refractivity (Wildman–Crippen MR) is 114 cm³/mol. The average molecular weight is 409 g/mol. The van der Waals surface area contributed by atoms with Gasteiger partial charge in [-0.3, -0.25) is 9.00 Å². The number of Topliss-reactive ketones (excluding diaryl/α,β-unsaturated/α-hetero) is 1. The minimum atomic E-state index is -1.03. The lowest BCUT2D eigenvalue weighted by Crippen LogP contribution is -2.18. The molecule has 0 spiro atoms. The van der Waals surface area contributed by atoms with Crippen LogP contribution in [0.5, 0.6) is 5.75 Å². The third-order valence-corrected chi connectivity index (χ3v) is 5.94. The first-order valence-electron chi connectivity index (χ1n) is 9.77. The van der Waals surface area contributed by atoms with Gasteiger partial charge in [0, 0.05) is 47.0 Å². The Morgan fingerprint density at radius 3 is 2.72 bits per heavy atom. The molecule has 5 nitrogen and oxygen atoms in total. The second-order valence-corrected chi connectivity index (χ2v) is 8.77. The summed E-state index contributed by atoms with van der Waals surface area (Å²) in [6.07, 6.45) is 9.12. The van der Waals surface area contributed by atoms with Crippen LogP contribution in [-0.2, 0) is 29.5 Å². The fourth-order valence-electron chi connectivity index (χ4n) is 3.87. The van der Waals surface area contributed by atoms with Crippen LogP contribution in [-0.4, -0.2) is 25.8 Å². The first-order valence-corrected chi connectivity index (χ1v) is 11.5. The lowest BCUT2D eigenvalue weighted by Gasteiger charge is -2.25. The molecule has 2 aromatic carbocycles. The Balaban J connectivity index is 1.73. The van der Waals surface area contributed by atoms with Crippen LogP contribution in [0, 0.1) is 0 Å². The minimum absolute atomic E-state index is 0.166. The van der Waals surface area contributed by atoms with Crippen LogP contribution in [0.2, 0.25) is 0 Å². The van der Waals surface area contributed by atoms with Crippen molar-refractivity contribution in [3.05, 3.63) is 83.4 Å². The molecule has 29 heavy (non-hydrogen) atoms. The van der Waals surface area contributed by atoms with E-state index in [1.807, 2.05) is 53.2 Å². The lowest BCUT2D eigenvalue weighted by atomic mass is 9.87. The van der Waals surface area contributed by atoms with Gasteiger partial charge in [-0.2, -0.15) is 0 Å². The highest BCUT2D eigenvalue weighted by Crippen LogP contribution is 2.35. The molecule has 0 aliphatic heterocycles. The van der Waals surface area contributed by atoms with Crippen LogP contribution in [0.1, 0.15) is 46.0 Å². The van der Waals surface area contributed by atoms with Gasteiger partial charge in [0.2, 0.25) is 0 Å². The summed E-state index contributed by atoms with van der Waals surface area (Å²) in [6, 6.07) is 13.8. The highest BCUT2D eigenvalue weighted by atomic mass is 32.2.